The fourth-order valence-electron chi connectivity index (χ4n) is 4.19. The minimum atomic E-state index is -0.875. The third-order valence-corrected chi connectivity index (χ3v) is 6.30. The van der Waals surface area contributed by atoms with Crippen LogP contribution >= 0.6 is 11.6 Å². The number of carbonyl (C=O) groups is 2. The van der Waals surface area contributed by atoms with Crippen LogP contribution in [0.25, 0.3) is 0 Å². The standard InChI is InChI=1S/C27H26ClFN4O2/c1-3-32(4-2)23-15-5-18(6-16-23)17-33-25(19-7-11-21(28)12-8-19)24(27(35)31-33)30-26(34)20-9-13-22(29)14-10-20/h5-17,24-25H,3-4H2,1-2H3,(H-,30,31,34,35)/p+1/t24-,25+/m1/s1. The Morgan fingerprint density at radius 1 is 1.03 bits per heavy atom. The Kier molecular flexibility index (Phi) is 7.46. The molecule has 0 aromatic heterocycles. The van der Waals surface area contributed by atoms with Crippen LogP contribution in [0.3, 0.4) is 0 Å². The van der Waals surface area contributed by atoms with Crippen LogP contribution in [-0.2, 0) is 4.79 Å². The van der Waals surface area contributed by atoms with E-state index in [1.165, 1.54) is 24.3 Å². The maximum atomic E-state index is 13.3. The van der Waals surface area contributed by atoms with E-state index in [0.29, 0.717) is 5.02 Å². The average Bonchev–Trinajstić information content (AvgIpc) is 3.16. The lowest BCUT2D eigenvalue weighted by atomic mass is 9.99. The molecular formula is C27H27ClFN4O2+. The fraction of sp³-hybridized carbons (Fsp3) is 0.222. The molecule has 3 aromatic rings. The molecule has 0 unspecified atom stereocenters. The Morgan fingerprint density at radius 2 is 1.66 bits per heavy atom. The molecule has 0 spiro atoms. The van der Waals surface area contributed by atoms with Gasteiger partial charge in [0.05, 0.1) is 0 Å². The molecule has 2 N–H and O–H groups in total. The molecule has 4 rings (SSSR count). The molecule has 35 heavy (non-hydrogen) atoms. The molecule has 180 valence electrons. The zero-order chi connectivity index (χ0) is 24.9. The number of amides is 2. The highest BCUT2D eigenvalue weighted by Crippen LogP contribution is 2.27. The van der Waals surface area contributed by atoms with Crippen molar-refractivity contribution in [1.29, 1.82) is 0 Å². The second kappa shape index (κ2) is 10.7. The number of hydrogen-bond acceptors (Lipinski definition) is 3. The van der Waals surface area contributed by atoms with Crippen molar-refractivity contribution in [2.24, 2.45) is 0 Å². The second-order valence-electron chi connectivity index (χ2n) is 8.23. The first kappa shape index (κ1) is 24.4. The molecule has 0 saturated carbocycles. The van der Waals surface area contributed by atoms with Crippen LogP contribution in [-0.4, -0.2) is 41.8 Å². The summed E-state index contributed by atoms with van der Waals surface area (Å²) in [7, 11) is 0. The van der Waals surface area contributed by atoms with E-state index in [1.54, 1.807) is 16.8 Å². The molecule has 0 radical (unpaired) electrons. The molecular weight excluding hydrogens is 467 g/mol. The first-order chi connectivity index (χ1) is 16.9. The zero-order valence-corrected chi connectivity index (χ0v) is 20.3. The molecule has 1 fully saturated rings. The number of hydrogen-bond donors (Lipinski definition) is 2. The molecule has 6 nitrogen and oxygen atoms in total. The topological polar surface area (TPSA) is 64.5 Å². The molecule has 0 aliphatic carbocycles. The Labute approximate surface area is 209 Å². The summed E-state index contributed by atoms with van der Waals surface area (Å²) < 4.78 is 15.0. The lowest BCUT2D eigenvalue weighted by Crippen LogP contribution is -2.42. The molecule has 1 aliphatic heterocycles. The number of rotatable bonds is 7. The number of nitrogens with one attached hydrogen (secondary N) is 2. The van der Waals surface area contributed by atoms with E-state index in [1.807, 2.05) is 42.6 Å². The summed E-state index contributed by atoms with van der Waals surface area (Å²) >= 11 is 6.08. The van der Waals surface area contributed by atoms with Crippen LogP contribution in [0.5, 0.6) is 0 Å². The van der Waals surface area contributed by atoms with Gasteiger partial charge in [-0.25, -0.2) is 4.39 Å². The summed E-state index contributed by atoms with van der Waals surface area (Å²) in [6.45, 7) is 6.05. The van der Waals surface area contributed by atoms with E-state index in [-0.39, 0.29) is 11.5 Å². The van der Waals surface area contributed by atoms with Crippen molar-refractivity contribution in [2.45, 2.75) is 25.9 Å². The van der Waals surface area contributed by atoms with Gasteiger partial charge in [-0.1, -0.05) is 23.7 Å². The van der Waals surface area contributed by atoms with Gasteiger partial charge in [-0.15, -0.1) is 10.1 Å². The maximum Gasteiger partial charge on any atom is 0.304 e. The monoisotopic (exact) mass is 493 g/mol. The average molecular weight is 494 g/mol. The summed E-state index contributed by atoms with van der Waals surface area (Å²) in [6, 6.07) is 19.0. The Balaban J connectivity index is 1.66. The van der Waals surface area contributed by atoms with E-state index in [9.17, 15) is 14.0 Å². The highest BCUT2D eigenvalue weighted by molar-refractivity contribution is 6.30. The molecule has 3 aromatic carbocycles. The molecule has 2 atom stereocenters. The van der Waals surface area contributed by atoms with Crippen molar-refractivity contribution >= 4 is 35.3 Å². The van der Waals surface area contributed by atoms with Crippen LogP contribution in [0.2, 0.25) is 5.02 Å². The van der Waals surface area contributed by atoms with E-state index >= 15 is 0 Å². The zero-order valence-electron chi connectivity index (χ0n) is 19.5. The van der Waals surface area contributed by atoms with Gasteiger partial charge in [0.15, 0.2) is 6.04 Å². The third kappa shape index (κ3) is 5.52. The Morgan fingerprint density at radius 3 is 2.26 bits per heavy atom. The number of anilines is 1. The summed E-state index contributed by atoms with van der Waals surface area (Å²) in [5.74, 6) is -1.25. The van der Waals surface area contributed by atoms with E-state index in [0.717, 1.165) is 29.9 Å². The number of nitrogens with zero attached hydrogens (tertiary/aromatic N) is 2. The Bertz CT molecular complexity index is 1220. The summed E-state index contributed by atoms with van der Waals surface area (Å²) in [5.41, 5.74) is 5.94. The molecule has 1 aliphatic rings. The number of benzene rings is 3. The quantitative estimate of drug-likeness (QED) is 0.481. The summed E-state index contributed by atoms with van der Waals surface area (Å²) in [6.07, 6.45) is 1.84. The van der Waals surface area contributed by atoms with Gasteiger partial charge >= 0.3 is 5.91 Å². The van der Waals surface area contributed by atoms with Crippen molar-refractivity contribution in [1.82, 2.24) is 10.7 Å². The second-order valence-corrected chi connectivity index (χ2v) is 8.67. The molecule has 0 bridgehead atoms. The van der Waals surface area contributed by atoms with Gasteiger partial charge in [-0.3, -0.25) is 9.59 Å². The third-order valence-electron chi connectivity index (χ3n) is 6.05. The van der Waals surface area contributed by atoms with Gasteiger partial charge in [0.1, 0.15) is 5.82 Å². The van der Waals surface area contributed by atoms with Crippen molar-refractivity contribution < 1.29 is 18.7 Å². The minimum absolute atomic E-state index is 0.267. The Hall–Kier alpha value is -3.71. The molecule has 1 saturated heterocycles. The lowest BCUT2D eigenvalue weighted by molar-refractivity contribution is -0.596. The lowest BCUT2D eigenvalue weighted by Gasteiger charge is -2.20. The smallest absolute Gasteiger partial charge is 0.304 e. The van der Waals surface area contributed by atoms with Gasteiger partial charge in [-0.2, -0.15) is 0 Å². The van der Waals surface area contributed by atoms with Gasteiger partial charge in [-0.05, 0) is 74.5 Å². The normalized spacial score (nSPS) is 18.4. The van der Waals surface area contributed by atoms with Crippen molar-refractivity contribution in [3.05, 3.63) is 100 Å². The number of halogens is 2. The minimum Gasteiger partial charge on any atom is -0.372 e. The number of hydrazine groups is 1. The molecule has 1 heterocycles. The highest BCUT2D eigenvalue weighted by Gasteiger charge is 2.47. The summed E-state index contributed by atoms with van der Waals surface area (Å²) in [5, 5.41) is 3.38. The van der Waals surface area contributed by atoms with Crippen LogP contribution < -0.4 is 15.6 Å². The van der Waals surface area contributed by atoms with E-state index in [2.05, 4.69) is 29.5 Å². The van der Waals surface area contributed by atoms with Crippen molar-refractivity contribution in [3.63, 3.8) is 0 Å². The fourth-order valence-corrected chi connectivity index (χ4v) is 4.31. The van der Waals surface area contributed by atoms with Crippen LogP contribution in [0.4, 0.5) is 10.1 Å². The first-order valence-electron chi connectivity index (χ1n) is 11.5. The molecule has 8 heteroatoms. The van der Waals surface area contributed by atoms with E-state index < -0.39 is 23.8 Å². The van der Waals surface area contributed by atoms with Gasteiger partial charge in [0.25, 0.3) is 5.91 Å². The van der Waals surface area contributed by atoms with Gasteiger partial charge in [0.2, 0.25) is 12.3 Å². The summed E-state index contributed by atoms with van der Waals surface area (Å²) in [4.78, 5) is 28.1. The SMILES string of the molecule is CCN(CC)c1ccc(/C=[N+]2\NC(=O)[C@H](NC(=O)c3ccc(F)cc3)[C@@H]2c2ccc(Cl)cc2)cc1. The largest absolute Gasteiger partial charge is 0.372 e. The van der Waals surface area contributed by atoms with Crippen LogP contribution in [0.1, 0.15) is 41.4 Å². The van der Waals surface area contributed by atoms with E-state index in [4.69, 9.17) is 11.6 Å². The van der Waals surface area contributed by atoms with Gasteiger partial charge in [0, 0.05) is 40.5 Å². The molecule has 2 amide bonds. The van der Waals surface area contributed by atoms with Crippen molar-refractivity contribution in [3.8, 4) is 0 Å². The highest BCUT2D eigenvalue weighted by atomic mass is 35.5. The van der Waals surface area contributed by atoms with Gasteiger partial charge < -0.3 is 10.2 Å². The predicted octanol–water partition coefficient (Wildman–Crippen LogP) is 4.34. The van der Waals surface area contributed by atoms with Crippen molar-refractivity contribution in [2.75, 3.05) is 18.0 Å². The predicted molar refractivity (Wildman–Crippen MR) is 135 cm³/mol. The van der Waals surface area contributed by atoms with Crippen LogP contribution in [0.15, 0.2) is 72.8 Å². The van der Waals surface area contributed by atoms with Crippen LogP contribution in [0, 0.1) is 5.82 Å². The first-order valence-corrected chi connectivity index (χ1v) is 11.9. The maximum absolute atomic E-state index is 13.3. The number of carbonyl (C=O) groups excluding carboxylic acids is 2. The number of hydrazone groups is 1.